The van der Waals surface area contributed by atoms with E-state index in [0.29, 0.717) is 5.56 Å². The van der Waals surface area contributed by atoms with E-state index in [0.717, 1.165) is 49.5 Å². The van der Waals surface area contributed by atoms with Gasteiger partial charge in [0.05, 0.1) is 11.8 Å². The lowest BCUT2D eigenvalue weighted by Crippen LogP contribution is -2.51. The Morgan fingerprint density at radius 2 is 1.83 bits per heavy atom. The molecule has 3 atom stereocenters. The Morgan fingerprint density at radius 1 is 1.17 bits per heavy atom. The molecule has 1 aromatic carbocycles. The highest BCUT2D eigenvalue weighted by Gasteiger charge is 2.53. The fourth-order valence-electron chi connectivity index (χ4n) is 5.79. The fourth-order valence-corrected chi connectivity index (χ4v) is 6.16. The molecule has 0 aromatic heterocycles. The van der Waals surface area contributed by atoms with Crippen LogP contribution in [0.2, 0.25) is 0 Å². The second kappa shape index (κ2) is 7.22. The molecule has 0 heterocycles. The molecule has 0 spiro atoms. The number of hydrogen-bond donors (Lipinski definition) is 0. The maximum Gasteiger partial charge on any atom is 0.354 e. The van der Waals surface area contributed by atoms with Crippen molar-refractivity contribution in [2.45, 2.75) is 78.1 Å². The van der Waals surface area contributed by atoms with Gasteiger partial charge in [-0.15, -0.1) is 0 Å². The van der Waals surface area contributed by atoms with Crippen LogP contribution >= 0.6 is 0 Å². The molecular weight excluding hydrogens is 388 g/mol. The third-order valence-electron chi connectivity index (χ3n) is 7.40. The van der Waals surface area contributed by atoms with Gasteiger partial charge < -0.3 is 4.18 Å². The van der Waals surface area contributed by atoms with Crippen LogP contribution in [0.15, 0.2) is 12.1 Å². The van der Waals surface area contributed by atoms with Crippen molar-refractivity contribution in [1.29, 1.82) is 0 Å². The molecule has 3 rings (SSSR count). The van der Waals surface area contributed by atoms with E-state index >= 15 is 0 Å². The number of carbonyl (C=O) groups is 2. The molecule has 1 fully saturated rings. The molecule has 160 valence electrons. The second-order valence-corrected chi connectivity index (χ2v) is 11.2. The number of fused-ring (bicyclic) bond motifs is 3. The predicted molar refractivity (Wildman–Crippen MR) is 113 cm³/mol. The predicted octanol–water partition coefficient (Wildman–Crippen LogP) is 4.53. The Hall–Kier alpha value is -1.69. The van der Waals surface area contributed by atoms with Gasteiger partial charge in [0.2, 0.25) is 0 Å². The van der Waals surface area contributed by atoms with Crippen LogP contribution in [0.4, 0.5) is 0 Å². The maximum absolute atomic E-state index is 12.7. The minimum Gasteiger partial charge on any atom is -0.341 e. The Balaban J connectivity index is 2.17. The standard InChI is InChI=1S/C23H32O5S/c1-14(2)17-12-16-8-9-20-22(4,15(3)24)10-7-11-23(20,5)19(16)13-18(17)21(25)28-29(6,26)27/h12-14,20H,7-11H2,1-6H3. The zero-order valence-electron chi connectivity index (χ0n) is 18.3. The zero-order chi connectivity index (χ0) is 21.8. The highest BCUT2D eigenvalue weighted by Crippen LogP contribution is 2.57. The van der Waals surface area contributed by atoms with Gasteiger partial charge in [-0.2, -0.15) is 8.42 Å². The Kier molecular flexibility index (Phi) is 5.48. The summed E-state index contributed by atoms with van der Waals surface area (Å²) in [7, 11) is -3.90. The smallest absolute Gasteiger partial charge is 0.341 e. The highest BCUT2D eigenvalue weighted by atomic mass is 32.2. The first-order chi connectivity index (χ1) is 13.3. The van der Waals surface area contributed by atoms with Crippen LogP contribution < -0.4 is 0 Å². The molecular formula is C23H32O5S. The van der Waals surface area contributed by atoms with Crippen molar-refractivity contribution in [3.63, 3.8) is 0 Å². The first-order valence-electron chi connectivity index (χ1n) is 10.4. The lowest BCUT2D eigenvalue weighted by atomic mass is 9.49. The van der Waals surface area contributed by atoms with Crippen LogP contribution in [0, 0.1) is 11.3 Å². The summed E-state index contributed by atoms with van der Waals surface area (Å²) in [4.78, 5) is 25.3. The second-order valence-electron chi connectivity index (χ2n) is 9.66. The molecule has 0 radical (unpaired) electrons. The van der Waals surface area contributed by atoms with E-state index in [1.807, 2.05) is 19.9 Å². The topological polar surface area (TPSA) is 77.5 Å². The summed E-state index contributed by atoms with van der Waals surface area (Å²) in [6.45, 7) is 9.96. The third kappa shape index (κ3) is 3.76. The number of hydrogen-bond acceptors (Lipinski definition) is 5. The molecule has 0 amide bonds. The summed E-state index contributed by atoms with van der Waals surface area (Å²) in [5.74, 6) is -0.332. The van der Waals surface area contributed by atoms with Gasteiger partial charge in [-0.05, 0) is 72.6 Å². The van der Waals surface area contributed by atoms with Gasteiger partial charge >= 0.3 is 16.1 Å². The molecule has 0 N–H and O–H groups in total. The summed E-state index contributed by atoms with van der Waals surface area (Å²) < 4.78 is 27.8. The van der Waals surface area contributed by atoms with Crippen LogP contribution in [-0.4, -0.2) is 26.4 Å². The molecule has 29 heavy (non-hydrogen) atoms. The van der Waals surface area contributed by atoms with Crippen LogP contribution in [-0.2, 0) is 30.9 Å². The molecule has 2 aliphatic carbocycles. The Bertz CT molecular complexity index is 962. The van der Waals surface area contributed by atoms with Crippen molar-refractivity contribution in [2.75, 3.05) is 6.26 Å². The van der Waals surface area contributed by atoms with E-state index in [4.69, 9.17) is 4.18 Å². The fraction of sp³-hybridized carbons (Fsp3) is 0.652. The number of rotatable bonds is 4. The van der Waals surface area contributed by atoms with Crippen LogP contribution in [0.1, 0.15) is 93.3 Å². The van der Waals surface area contributed by atoms with Gasteiger partial charge in [-0.1, -0.05) is 40.2 Å². The van der Waals surface area contributed by atoms with E-state index in [9.17, 15) is 18.0 Å². The summed E-state index contributed by atoms with van der Waals surface area (Å²) in [6, 6.07) is 3.91. The quantitative estimate of drug-likeness (QED) is 0.669. The zero-order valence-corrected chi connectivity index (χ0v) is 19.1. The first kappa shape index (κ1) is 22.0. The number of aryl methyl sites for hydroxylation is 1. The van der Waals surface area contributed by atoms with Crippen molar-refractivity contribution in [3.05, 3.63) is 34.4 Å². The maximum atomic E-state index is 12.7. The van der Waals surface area contributed by atoms with Crippen LogP contribution in [0.3, 0.4) is 0 Å². The minimum absolute atomic E-state index is 0.0572. The average Bonchev–Trinajstić information content (AvgIpc) is 2.58. The first-order valence-corrected chi connectivity index (χ1v) is 12.2. The normalized spacial score (nSPS) is 29.1. The number of benzene rings is 1. The van der Waals surface area contributed by atoms with Gasteiger partial charge in [0.1, 0.15) is 5.78 Å². The summed E-state index contributed by atoms with van der Waals surface area (Å²) in [5, 5.41) is 0. The SMILES string of the molecule is CC(=O)C1(C)CCCC2(C)c3cc(C(=O)OS(C)(=O)=O)c(C(C)C)cc3CCC12. The van der Waals surface area contributed by atoms with E-state index in [-0.39, 0.29) is 28.4 Å². The van der Waals surface area contributed by atoms with Crippen molar-refractivity contribution >= 4 is 21.9 Å². The molecule has 0 aliphatic heterocycles. The van der Waals surface area contributed by atoms with Crippen LogP contribution in [0.25, 0.3) is 0 Å². The van der Waals surface area contributed by atoms with Crippen molar-refractivity contribution < 1.29 is 22.2 Å². The summed E-state index contributed by atoms with van der Waals surface area (Å²) >= 11 is 0. The molecule has 1 saturated carbocycles. The molecule has 2 aliphatic rings. The molecule has 3 unspecified atom stereocenters. The highest BCUT2D eigenvalue weighted by molar-refractivity contribution is 7.86. The Morgan fingerprint density at radius 3 is 2.38 bits per heavy atom. The van der Waals surface area contributed by atoms with E-state index < -0.39 is 16.1 Å². The third-order valence-corrected chi connectivity index (χ3v) is 7.85. The average molecular weight is 421 g/mol. The monoisotopic (exact) mass is 420 g/mol. The molecule has 0 bridgehead atoms. The lowest BCUT2D eigenvalue weighted by molar-refractivity contribution is -0.134. The summed E-state index contributed by atoms with van der Waals surface area (Å²) in [5.41, 5.74) is 2.82. The van der Waals surface area contributed by atoms with Gasteiger partial charge in [-0.3, -0.25) is 4.79 Å². The van der Waals surface area contributed by atoms with Crippen molar-refractivity contribution in [3.8, 4) is 0 Å². The lowest BCUT2D eigenvalue weighted by Gasteiger charge is -2.54. The van der Waals surface area contributed by atoms with E-state index in [1.165, 1.54) is 5.56 Å². The van der Waals surface area contributed by atoms with Crippen molar-refractivity contribution in [2.24, 2.45) is 11.3 Å². The van der Waals surface area contributed by atoms with Gasteiger partial charge in [0, 0.05) is 5.41 Å². The van der Waals surface area contributed by atoms with E-state index in [1.54, 1.807) is 6.92 Å². The molecule has 5 nitrogen and oxygen atoms in total. The molecule has 1 aromatic rings. The number of carbonyl (C=O) groups excluding carboxylic acids is 2. The molecule has 6 heteroatoms. The largest absolute Gasteiger partial charge is 0.354 e. The van der Waals surface area contributed by atoms with Crippen molar-refractivity contribution in [1.82, 2.24) is 0 Å². The van der Waals surface area contributed by atoms with Gasteiger partial charge in [0.15, 0.2) is 0 Å². The van der Waals surface area contributed by atoms with Gasteiger partial charge in [-0.25, -0.2) is 4.79 Å². The Labute approximate surface area is 174 Å². The molecule has 0 saturated heterocycles. The minimum atomic E-state index is -3.90. The van der Waals surface area contributed by atoms with Crippen LogP contribution in [0.5, 0.6) is 0 Å². The number of Topliss-reactive ketones (excluding diaryl/α,β-unsaturated/α-hetero) is 1. The summed E-state index contributed by atoms with van der Waals surface area (Å²) in [6.07, 6.45) is 5.50. The number of ketones is 1. The van der Waals surface area contributed by atoms with Gasteiger partial charge in [0.25, 0.3) is 0 Å². The van der Waals surface area contributed by atoms with E-state index in [2.05, 4.69) is 19.9 Å².